The molecular weight excluding hydrogens is 228 g/mol. The lowest BCUT2D eigenvalue weighted by Crippen LogP contribution is -2.41. The minimum absolute atomic E-state index is 0.240. The van der Waals surface area contributed by atoms with Gasteiger partial charge in [-0.2, -0.15) is 5.26 Å². The summed E-state index contributed by atoms with van der Waals surface area (Å²) in [4.78, 5) is 3.90. The van der Waals surface area contributed by atoms with Crippen molar-refractivity contribution in [3.05, 3.63) is 22.4 Å². The molecule has 2 rings (SSSR count). The molecule has 0 radical (unpaired) electrons. The summed E-state index contributed by atoms with van der Waals surface area (Å²) in [7, 11) is 0. The van der Waals surface area contributed by atoms with Crippen molar-refractivity contribution in [2.24, 2.45) is 5.92 Å². The second-order valence-electron chi connectivity index (χ2n) is 4.73. The second-order valence-corrected chi connectivity index (χ2v) is 5.76. The molecule has 0 aliphatic heterocycles. The molecule has 2 unspecified atom stereocenters. The lowest BCUT2D eigenvalue weighted by molar-refractivity contribution is 0.127. The molecule has 0 amide bonds. The molecule has 0 N–H and O–H groups in total. The molecule has 3 heteroatoms. The quantitative estimate of drug-likeness (QED) is 0.813. The van der Waals surface area contributed by atoms with E-state index in [0.29, 0.717) is 6.04 Å². The van der Waals surface area contributed by atoms with Gasteiger partial charge in [0.15, 0.2) is 0 Å². The maximum absolute atomic E-state index is 9.26. The number of hydrogen-bond acceptors (Lipinski definition) is 3. The molecule has 2 nitrogen and oxygen atoms in total. The molecule has 1 saturated carbocycles. The van der Waals surface area contributed by atoms with Gasteiger partial charge >= 0.3 is 0 Å². The Balaban J connectivity index is 2.03. The third kappa shape index (κ3) is 3.08. The van der Waals surface area contributed by atoms with Crippen LogP contribution in [0.25, 0.3) is 0 Å². The van der Waals surface area contributed by atoms with Gasteiger partial charge < -0.3 is 0 Å². The van der Waals surface area contributed by atoms with Crippen LogP contribution < -0.4 is 0 Å². The smallest absolute Gasteiger partial charge is 0.0672 e. The highest BCUT2D eigenvalue weighted by atomic mass is 32.1. The van der Waals surface area contributed by atoms with Crippen molar-refractivity contribution in [1.82, 2.24) is 4.90 Å². The summed E-state index contributed by atoms with van der Waals surface area (Å²) in [6.45, 7) is 4.26. The Morgan fingerprint density at radius 1 is 1.47 bits per heavy atom. The second kappa shape index (κ2) is 6.18. The summed E-state index contributed by atoms with van der Waals surface area (Å²) in [5.74, 6) is 0.240. The van der Waals surface area contributed by atoms with Crippen molar-refractivity contribution in [1.29, 1.82) is 5.26 Å². The summed E-state index contributed by atoms with van der Waals surface area (Å²) in [6.07, 6.45) is 4.79. The number of thiophene rings is 1. The van der Waals surface area contributed by atoms with Crippen molar-refractivity contribution >= 4 is 11.3 Å². The first-order valence-corrected chi connectivity index (χ1v) is 7.39. The maximum Gasteiger partial charge on any atom is 0.0672 e. The Morgan fingerprint density at radius 2 is 2.29 bits per heavy atom. The fraction of sp³-hybridized carbons (Fsp3) is 0.643. The molecule has 1 aromatic heterocycles. The Bertz CT molecular complexity index is 366. The number of rotatable bonds is 4. The van der Waals surface area contributed by atoms with Crippen LogP contribution in [-0.4, -0.2) is 17.5 Å². The summed E-state index contributed by atoms with van der Waals surface area (Å²) in [5.41, 5.74) is 0. The Kier molecular flexibility index (Phi) is 4.58. The number of hydrogen-bond donors (Lipinski definition) is 0. The number of nitriles is 1. The Hall–Kier alpha value is -0.850. The van der Waals surface area contributed by atoms with Gasteiger partial charge in [-0.05, 0) is 30.8 Å². The highest BCUT2D eigenvalue weighted by Crippen LogP contribution is 2.29. The van der Waals surface area contributed by atoms with E-state index in [9.17, 15) is 5.26 Å². The molecule has 0 saturated heterocycles. The summed E-state index contributed by atoms with van der Waals surface area (Å²) in [6, 6.07) is 7.28. The molecule has 1 aliphatic carbocycles. The highest BCUT2D eigenvalue weighted by Gasteiger charge is 2.29. The largest absolute Gasteiger partial charge is 0.294 e. The van der Waals surface area contributed by atoms with Crippen LogP contribution >= 0.6 is 11.3 Å². The number of nitrogens with zero attached hydrogens (tertiary/aromatic N) is 2. The maximum atomic E-state index is 9.26. The monoisotopic (exact) mass is 248 g/mol. The van der Waals surface area contributed by atoms with Crippen molar-refractivity contribution in [2.75, 3.05) is 6.54 Å². The Morgan fingerprint density at radius 3 is 2.94 bits per heavy atom. The molecule has 1 fully saturated rings. The van der Waals surface area contributed by atoms with E-state index < -0.39 is 0 Å². The molecule has 0 bridgehead atoms. The van der Waals surface area contributed by atoms with Crippen LogP contribution in [0.15, 0.2) is 17.5 Å². The van der Waals surface area contributed by atoms with Gasteiger partial charge in [0.25, 0.3) is 0 Å². The molecule has 1 heterocycles. The summed E-state index contributed by atoms with van der Waals surface area (Å²) >= 11 is 1.81. The van der Waals surface area contributed by atoms with Crippen LogP contribution in [0.3, 0.4) is 0 Å². The highest BCUT2D eigenvalue weighted by molar-refractivity contribution is 7.09. The lowest BCUT2D eigenvalue weighted by Gasteiger charge is -2.36. The van der Waals surface area contributed by atoms with Crippen LogP contribution in [0.4, 0.5) is 0 Å². The van der Waals surface area contributed by atoms with Gasteiger partial charge in [-0.1, -0.05) is 25.8 Å². The normalized spacial score (nSPS) is 24.8. The van der Waals surface area contributed by atoms with Gasteiger partial charge in [0.05, 0.1) is 12.0 Å². The minimum atomic E-state index is 0.240. The fourth-order valence-electron chi connectivity index (χ4n) is 2.77. The van der Waals surface area contributed by atoms with E-state index in [1.807, 2.05) is 11.3 Å². The van der Waals surface area contributed by atoms with Crippen LogP contribution in [0, 0.1) is 17.2 Å². The Labute approximate surface area is 108 Å². The fourth-order valence-corrected chi connectivity index (χ4v) is 3.49. The van der Waals surface area contributed by atoms with Gasteiger partial charge in [-0.25, -0.2) is 0 Å². The SMILES string of the molecule is CCN(Cc1cccs1)C1CCCCC1C#N. The molecule has 17 heavy (non-hydrogen) atoms. The molecular formula is C14H20N2S. The predicted octanol–water partition coefficient (Wildman–Crippen LogP) is 3.65. The van der Waals surface area contributed by atoms with E-state index in [0.717, 1.165) is 19.5 Å². The van der Waals surface area contributed by atoms with E-state index >= 15 is 0 Å². The first-order chi connectivity index (χ1) is 8.35. The van der Waals surface area contributed by atoms with E-state index in [1.54, 1.807) is 0 Å². The lowest BCUT2D eigenvalue weighted by atomic mass is 9.84. The first kappa shape index (κ1) is 12.6. The molecule has 92 valence electrons. The zero-order chi connectivity index (χ0) is 12.1. The molecule has 2 atom stereocenters. The summed E-state index contributed by atoms with van der Waals surface area (Å²) in [5, 5.41) is 11.4. The zero-order valence-electron chi connectivity index (χ0n) is 10.4. The van der Waals surface area contributed by atoms with Gasteiger partial charge in [-0.3, -0.25) is 4.90 Å². The van der Waals surface area contributed by atoms with Gasteiger partial charge in [0.1, 0.15) is 0 Å². The molecule has 0 spiro atoms. The van der Waals surface area contributed by atoms with Crippen molar-refractivity contribution in [3.63, 3.8) is 0 Å². The van der Waals surface area contributed by atoms with Gasteiger partial charge in [-0.15, -0.1) is 11.3 Å². The predicted molar refractivity (Wildman–Crippen MR) is 71.8 cm³/mol. The third-order valence-electron chi connectivity index (χ3n) is 3.71. The van der Waals surface area contributed by atoms with E-state index in [4.69, 9.17) is 0 Å². The molecule has 1 aliphatic rings. The minimum Gasteiger partial charge on any atom is -0.294 e. The average molecular weight is 248 g/mol. The standard InChI is InChI=1S/C14H20N2S/c1-2-16(11-13-7-5-9-17-13)14-8-4-3-6-12(14)10-15/h5,7,9,12,14H,2-4,6,8,11H2,1H3. The van der Waals surface area contributed by atoms with Crippen LogP contribution in [0.5, 0.6) is 0 Å². The molecule has 1 aromatic rings. The summed E-state index contributed by atoms with van der Waals surface area (Å²) < 4.78 is 0. The average Bonchev–Trinajstić information content (AvgIpc) is 2.89. The van der Waals surface area contributed by atoms with Gasteiger partial charge in [0.2, 0.25) is 0 Å². The van der Waals surface area contributed by atoms with E-state index in [1.165, 1.54) is 24.1 Å². The first-order valence-electron chi connectivity index (χ1n) is 6.51. The van der Waals surface area contributed by atoms with Crippen molar-refractivity contribution in [3.8, 4) is 6.07 Å². The molecule has 0 aromatic carbocycles. The van der Waals surface area contributed by atoms with Gasteiger partial charge in [0, 0.05) is 17.5 Å². The topological polar surface area (TPSA) is 27.0 Å². The van der Waals surface area contributed by atoms with E-state index in [-0.39, 0.29) is 5.92 Å². The van der Waals surface area contributed by atoms with Crippen LogP contribution in [0.2, 0.25) is 0 Å². The van der Waals surface area contributed by atoms with Crippen LogP contribution in [-0.2, 0) is 6.54 Å². The zero-order valence-corrected chi connectivity index (χ0v) is 11.2. The van der Waals surface area contributed by atoms with Crippen molar-refractivity contribution in [2.45, 2.75) is 45.2 Å². The van der Waals surface area contributed by atoms with Crippen LogP contribution in [0.1, 0.15) is 37.5 Å². The van der Waals surface area contributed by atoms with E-state index in [2.05, 4.69) is 35.4 Å². The third-order valence-corrected chi connectivity index (χ3v) is 4.57. The van der Waals surface area contributed by atoms with Crippen molar-refractivity contribution < 1.29 is 0 Å².